The molecule has 0 unspecified atom stereocenters. The van der Waals surface area contributed by atoms with Crippen molar-refractivity contribution in [3.05, 3.63) is 74.5 Å². The third kappa shape index (κ3) is 4.01. The smallest absolute Gasteiger partial charge is 0.257 e. The zero-order valence-electron chi connectivity index (χ0n) is 15.0. The van der Waals surface area contributed by atoms with E-state index in [-0.39, 0.29) is 29.4 Å². The SMILES string of the molecule is CCc1c(C)nc(-c2cc(Cl)cnc2O)n(CCc2cccc(F)c2)c1=O. The van der Waals surface area contributed by atoms with Gasteiger partial charge in [-0.1, -0.05) is 30.7 Å². The van der Waals surface area contributed by atoms with Crippen molar-refractivity contribution in [3.8, 4) is 17.3 Å². The van der Waals surface area contributed by atoms with Crippen molar-refractivity contribution in [3.63, 3.8) is 0 Å². The van der Waals surface area contributed by atoms with Crippen LogP contribution in [0.15, 0.2) is 41.3 Å². The van der Waals surface area contributed by atoms with Crippen LogP contribution in [-0.4, -0.2) is 19.6 Å². The van der Waals surface area contributed by atoms with E-state index in [2.05, 4.69) is 9.97 Å². The summed E-state index contributed by atoms with van der Waals surface area (Å²) in [6, 6.07) is 7.76. The molecule has 27 heavy (non-hydrogen) atoms. The van der Waals surface area contributed by atoms with Crippen LogP contribution in [0.2, 0.25) is 5.02 Å². The molecule has 0 atom stereocenters. The second-order valence-corrected chi connectivity index (χ2v) is 6.65. The topological polar surface area (TPSA) is 68.0 Å². The van der Waals surface area contributed by atoms with E-state index in [1.165, 1.54) is 29.0 Å². The Morgan fingerprint density at radius 3 is 2.78 bits per heavy atom. The van der Waals surface area contributed by atoms with Crippen molar-refractivity contribution < 1.29 is 9.50 Å². The molecule has 2 aromatic heterocycles. The molecule has 0 aliphatic heterocycles. The molecule has 1 aromatic carbocycles. The molecule has 1 N–H and O–H groups in total. The fourth-order valence-corrected chi connectivity index (χ4v) is 3.21. The van der Waals surface area contributed by atoms with Crippen LogP contribution in [0.25, 0.3) is 11.4 Å². The quantitative estimate of drug-likeness (QED) is 0.720. The predicted molar refractivity (Wildman–Crippen MR) is 103 cm³/mol. The molecule has 0 fully saturated rings. The van der Waals surface area contributed by atoms with Crippen LogP contribution in [0.1, 0.15) is 23.7 Å². The number of rotatable bonds is 5. The summed E-state index contributed by atoms with van der Waals surface area (Å²) in [6.45, 7) is 3.93. The van der Waals surface area contributed by atoms with Crippen molar-refractivity contribution >= 4 is 11.6 Å². The summed E-state index contributed by atoms with van der Waals surface area (Å²) in [5.41, 5.74) is 2.06. The van der Waals surface area contributed by atoms with Crippen molar-refractivity contribution in [1.82, 2.24) is 14.5 Å². The van der Waals surface area contributed by atoms with Crippen LogP contribution < -0.4 is 5.56 Å². The van der Waals surface area contributed by atoms with E-state index in [1.807, 2.05) is 6.92 Å². The van der Waals surface area contributed by atoms with Gasteiger partial charge in [-0.05, 0) is 43.5 Å². The van der Waals surface area contributed by atoms with E-state index in [9.17, 15) is 14.3 Å². The van der Waals surface area contributed by atoms with Gasteiger partial charge in [0.1, 0.15) is 11.6 Å². The maximum Gasteiger partial charge on any atom is 0.257 e. The molecule has 140 valence electrons. The van der Waals surface area contributed by atoms with Crippen LogP contribution in [-0.2, 0) is 19.4 Å². The van der Waals surface area contributed by atoms with Gasteiger partial charge in [-0.25, -0.2) is 14.4 Å². The number of benzene rings is 1. The molecule has 0 aliphatic rings. The third-order valence-electron chi connectivity index (χ3n) is 4.41. The first kappa shape index (κ1) is 19.0. The largest absolute Gasteiger partial charge is 0.493 e. The van der Waals surface area contributed by atoms with Gasteiger partial charge in [0.05, 0.1) is 10.6 Å². The van der Waals surface area contributed by atoms with Gasteiger partial charge in [-0.15, -0.1) is 0 Å². The van der Waals surface area contributed by atoms with E-state index in [4.69, 9.17) is 11.6 Å². The van der Waals surface area contributed by atoms with Crippen LogP contribution >= 0.6 is 11.6 Å². The molecular formula is C20H19ClFN3O2. The van der Waals surface area contributed by atoms with Gasteiger partial charge in [0.25, 0.3) is 5.56 Å². The fraction of sp³-hybridized carbons (Fsp3) is 0.250. The van der Waals surface area contributed by atoms with Crippen molar-refractivity contribution in [2.24, 2.45) is 0 Å². The average Bonchev–Trinajstić information content (AvgIpc) is 2.63. The fourth-order valence-electron chi connectivity index (χ4n) is 3.05. The zero-order valence-corrected chi connectivity index (χ0v) is 15.8. The first-order chi connectivity index (χ1) is 12.9. The van der Waals surface area contributed by atoms with Crippen LogP contribution in [0.4, 0.5) is 4.39 Å². The van der Waals surface area contributed by atoms with Crippen molar-refractivity contribution in [1.29, 1.82) is 0 Å². The molecule has 0 amide bonds. The van der Waals surface area contributed by atoms with E-state index in [0.29, 0.717) is 34.9 Å². The first-order valence-electron chi connectivity index (χ1n) is 8.60. The highest BCUT2D eigenvalue weighted by Gasteiger charge is 2.18. The summed E-state index contributed by atoms with van der Waals surface area (Å²) in [6.07, 6.45) is 2.30. The van der Waals surface area contributed by atoms with Gasteiger partial charge in [0, 0.05) is 24.0 Å². The predicted octanol–water partition coefficient (Wildman–Crippen LogP) is 3.92. The summed E-state index contributed by atoms with van der Waals surface area (Å²) in [4.78, 5) is 21.4. The molecule has 0 saturated heterocycles. The Morgan fingerprint density at radius 2 is 2.07 bits per heavy atom. The Labute approximate surface area is 161 Å². The van der Waals surface area contributed by atoms with Gasteiger partial charge in [-0.3, -0.25) is 9.36 Å². The Kier molecular flexibility index (Phi) is 5.56. The molecule has 3 aromatic rings. The van der Waals surface area contributed by atoms with E-state index >= 15 is 0 Å². The van der Waals surface area contributed by atoms with Crippen LogP contribution in [0.5, 0.6) is 5.88 Å². The molecule has 7 heteroatoms. The molecule has 0 aliphatic carbocycles. The summed E-state index contributed by atoms with van der Waals surface area (Å²) < 4.78 is 14.9. The van der Waals surface area contributed by atoms with Crippen LogP contribution in [0.3, 0.4) is 0 Å². The molecule has 0 saturated carbocycles. The minimum Gasteiger partial charge on any atom is -0.493 e. The Balaban J connectivity index is 2.12. The number of aromatic nitrogens is 3. The highest BCUT2D eigenvalue weighted by molar-refractivity contribution is 6.30. The monoisotopic (exact) mass is 387 g/mol. The lowest BCUT2D eigenvalue weighted by Gasteiger charge is -2.16. The number of aryl methyl sites for hydroxylation is 2. The Hall–Kier alpha value is -2.73. The number of pyridine rings is 1. The number of hydrogen-bond acceptors (Lipinski definition) is 4. The summed E-state index contributed by atoms with van der Waals surface area (Å²) in [7, 11) is 0. The number of hydrogen-bond donors (Lipinski definition) is 1. The average molecular weight is 388 g/mol. The minimum absolute atomic E-state index is 0.184. The highest BCUT2D eigenvalue weighted by Crippen LogP contribution is 2.28. The number of aromatic hydroxyl groups is 1. The third-order valence-corrected chi connectivity index (χ3v) is 4.62. The molecule has 5 nitrogen and oxygen atoms in total. The standard InChI is InChI=1S/C20H19ClFN3O2/c1-3-16-12(2)24-18(17-10-14(21)11-23-19(17)26)25(20(16)27)8-7-13-5-4-6-15(22)9-13/h4-6,9-11H,3,7-8H2,1-2H3,(H,23,26). The van der Waals surface area contributed by atoms with Gasteiger partial charge in [0.15, 0.2) is 0 Å². The van der Waals surface area contributed by atoms with Gasteiger partial charge >= 0.3 is 0 Å². The van der Waals surface area contributed by atoms with Gasteiger partial charge < -0.3 is 5.11 Å². The second kappa shape index (κ2) is 7.88. The maximum absolute atomic E-state index is 13.4. The second-order valence-electron chi connectivity index (χ2n) is 6.21. The Morgan fingerprint density at radius 1 is 1.30 bits per heavy atom. The molecule has 3 rings (SSSR count). The van der Waals surface area contributed by atoms with Gasteiger partial charge in [0.2, 0.25) is 5.88 Å². The zero-order chi connectivity index (χ0) is 19.6. The lowest BCUT2D eigenvalue weighted by Crippen LogP contribution is -2.28. The molecule has 0 radical (unpaired) electrons. The van der Waals surface area contributed by atoms with E-state index in [0.717, 1.165) is 5.56 Å². The number of halogens is 2. The van der Waals surface area contributed by atoms with Crippen LogP contribution in [0, 0.1) is 12.7 Å². The van der Waals surface area contributed by atoms with Gasteiger partial charge in [-0.2, -0.15) is 0 Å². The minimum atomic E-state index is -0.326. The summed E-state index contributed by atoms with van der Waals surface area (Å²) >= 11 is 6.02. The number of nitrogens with zero attached hydrogens (tertiary/aromatic N) is 3. The van der Waals surface area contributed by atoms with Crippen molar-refractivity contribution in [2.45, 2.75) is 33.2 Å². The summed E-state index contributed by atoms with van der Waals surface area (Å²) in [5, 5.41) is 10.5. The lowest BCUT2D eigenvalue weighted by molar-refractivity contribution is 0.454. The molecular weight excluding hydrogens is 369 g/mol. The van der Waals surface area contributed by atoms with E-state index < -0.39 is 0 Å². The highest BCUT2D eigenvalue weighted by atomic mass is 35.5. The molecule has 0 bridgehead atoms. The van der Waals surface area contributed by atoms with E-state index in [1.54, 1.807) is 19.1 Å². The van der Waals surface area contributed by atoms with Crippen molar-refractivity contribution in [2.75, 3.05) is 0 Å². The lowest BCUT2D eigenvalue weighted by atomic mass is 10.1. The maximum atomic E-state index is 13.4. The molecule has 2 heterocycles. The Bertz CT molecular complexity index is 1050. The first-order valence-corrected chi connectivity index (χ1v) is 8.98. The normalized spacial score (nSPS) is 11.0. The summed E-state index contributed by atoms with van der Waals surface area (Å²) in [5.74, 6) is -0.291. The molecule has 0 spiro atoms.